The number of benzene rings is 1. The summed E-state index contributed by atoms with van der Waals surface area (Å²) in [5.74, 6) is 0. The second kappa shape index (κ2) is 5.64. The lowest BCUT2D eigenvalue weighted by atomic mass is 10.00. The molecule has 2 aromatic rings. The fourth-order valence-corrected chi connectivity index (χ4v) is 3.45. The number of aromatic nitrogens is 1. The second-order valence-corrected chi connectivity index (χ2v) is 6.37. The van der Waals surface area contributed by atoms with Crippen molar-refractivity contribution >= 4 is 16.6 Å². The minimum absolute atomic E-state index is 0.630. The third kappa shape index (κ3) is 2.75. The molecule has 3 heteroatoms. The molecule has 4 rings (SSSR count). The van der Waals surface area contributed by atoms with Gasteiger partial charge in [-0.3, -0.25) is 4.98 Å². The SMILES string of the molecule is c1ccc2c(N3CCCCC3CNC3CC3)ccnc2c1. The van der Waals surface area contributed by atoms with Crippen LogP contribution >= 0.6 is 0 Å². The highest BCUT2D eigenvalue weighted by Gasteiger charge is 2.27. The van der Waals surface area contributed by atoms with Crippen LogP contribution in [0.2, 0.25) is 0 Å². The number of hydrogen-bond acceptors (Lipinski definition) is 3. The summed E-state index contributed by atoms with van der Waals surface area (Å²) >= 11 is 0. The van der Waals surface area contributed by atoms with Crippen molar-refractivity contribution in [3.63, 3.8) is 0 Å². The maximum absolute atomic E-state index is 4.50. The Hall–Kier alpha value is -1.61. The monoisotopic (exact) mass is 281 g/mol. The van der Waals surface area contributed by atoms with Crippen molar-refractivity contribution in [1.29, 1.82) is 0 Å². The van der Waals surface area contributed by atoms with E-state index in [4.69, 9.17) is 0 Å². The van der Waals surface area contributed by atoms with Gasteiger partial charge in [-0.05, 0) is 44.2 Å². The summed E-state index contributed by atoms with van der Waals surface area (Å²) in [6, 6.07) is 12.1. The number of nitrogens with one attached hydrogen (secondary N) is 1. The van der Waals surface area contributed by atoms with E-state index in [0.717, 1.165) is 18.1 Å². The van der Waals surface area contributed by atoms with Gasteiger partial charge in [0, 0.05) is 42.4 Å². The number of fused-ring (bicyclic) bond motifs is 1. The molecule has 3 nitrogen and oxygen atoms in total. The number of para-hydroxylation sites is 1. The van der Waals surface area contributed by atoms with Crippen LogP contribution in [0.1, 0.15) is 32.1 Å². The molecule has 2 aliphatic rings. The minimum atomic E-state index is 0.630. The largest absolute Gasteiger partial charge is 0.367 e. The topological polar surface area (TPSA) is 28.2 Å². The van der Waals surface area contributed by atoms with Crippen LogP contribution in [0.3, 0.4) is 0 Å². The summed E-state index contributed by atoms with van der Waals surface area (Å²) < 4.78 is 0. The highest BCUT2D eigenvalue weighted by atomic mass is 15.2. The molecule has 0 amide bonds. The maximum atomic E-state index is 4.50. The molecule has 1 aliphatic heterocycles. The molecular weight excluding hydrogens is 258 g/mol. The number of pyridine rings is 1. The lowest BCUT2D eigenvalue weighted by molar-refractivity contribution is 0.435. The van der Waals surface area contributed by atoms with Crippen molar-refractivity contribution in [3.05, 3.63) is 36.5 Å². The van der Waals surface area contributed by atoms with E-state index in [2.05, 4.69) is 45.5 Å². The molecule has 0 bridgehead atoms. The van der Waals surface area contributed by atoms with E-state index in [1.165, 1.54) is 49.7 Å². The van der Waals surface area contributed by atoms with Gasteiger partial charge in [0.15, 0.2) is 0 Å². The fraction of sp³-hybridized carbons (Fsp3) is 0.500. The van der Waals surface area contributed by atoms with Crippen LogP contribution in [-0.4, -0.2) is 30.2 Å². The van der Waals surface area contributed by atoms with E-state index in [1.54, 1.807) is 0 Å². The van der Waals surface area contributed by atoms with Crippen LogP contribution in [0.5, 0.6) is 0 Å². The van der Waals surface area contributed by atoms with E-state index in [9.17, 15) is 0 Å². The molecule has 1 N–H and O–H groups in total. The molecule has 21 heavy (non-hydrogen) atoms. The average molecular weight is 281 g/mol. The molecule has 1 unspecified atom stereocenters. The van der Waals surface area contributed by atoms with E-state index < -0.39 is 0 Å². The van der Waals surface area contributed by atoms with Crippen LogP contribution in [0.25, 0.3) is 10.9 Å². The summed E-state index contributed by atoms with van der Waals surface area (Å²) in [4.78, 5) is 7.12. The first-order valence-corrected chi connectivity index (χ1v) is 8.25. The van der Waals surface area contributed by atoms with Gasteiger partial charge in [0.25, 0.3) is 0 Å². The molecule has 1 saturated heterocycles. The number of anilines is 1. The summed E-state index contributed by atoms with van der Waals surface area (Å²) in [5, 5.41) is 5.01. The Morgan fingerprint density at radius 2 is 2.00 bits per heavy atom. The molecule has 1 saturated carbocycles. The summed E-state index contributed by atoms with van der Waals surface area (Å²) in [6.45, 7) is 2.30. The van der Waals surface area contributed by atoms with Crippen LogP contribution in [0, 0.1) is 0 Å². The molecule has 1 atom stereocenters. The second-order valence-electron chi connectivity index (χ2n) is 6.37. The van der Waals surface area contributed by atoms with Crippen LogP contribution in [0.4, 0.5) is 5.69 Å². The molecule has 0 radical (unpaired) electrons. The van der Waals surface area contributed by atoms with Gasteiger partial charge in [-0.1, -0.05) is 18.2 Å². The lowest BCUT2D eigenvalue weighted by Gasteiger charge is -2.38. The van der Waals surface area contributed by atoms with E-state index in [1.807, 2.05) is 6.20 Å². The maximum Gasteiger partial charge on any atom is 0.0722 e. The molecule has 1 aromatic heterocycles. The third-order valence-corrected chi connectivity index (χ3v) is 4.78. The van der Waals surface area contributed by atoms with Gasteiger partial charge in [0.2, 0.25) is 0 Å². The van der Waals surface area contributed by atoms with Crippen LogP contribution in [0.15, 0.2) is 36.5 Å². The molecule has 1 aliphatic carbocycles. The Labute approximate surface area is 126 Å². The summed E-state index contributed by atoms with van der Waals surface area (Å²) in [5.41, 5.74) is 2.47. The van der Waals surface area contributed by atoms with Gasteiger partial charge in [0.1, 0.15) is 0 Å². The first kappa shape index (κ1) is 13.1. The number of hydrogen-bond donors (Lipinski definition) is 1. The first-order chi connectivity index (χ1) is 10.4. The predicted octanol–water partition coefficient (Wildman–Crippen LogP) is 3.35. The number of nitrogens with zero attached hydrogens (tertiary/aromatic N) is 2. The van der Waals surface area contributed by atoms with Gasteiger partial charge in [-0.25, -0.2) is 0 Å². The highest BCUT2D eigenvalue weighted by Crippen LogP contribution is 2.31. The van der Waals surface area contributed by atoms with Crippen molar-refractivity contribution in [2.24, 2.45) is 0 Å². The Bertz CT molecular complexity index is 615. The number of rotatable bonds is 4. The molecular formula is C18H23N3. The molecule has 2 heterocycles. The van der Waals surface area contributed by atoms with E-state index >= 15 is 0 Å². The van der Waals surface area contributed by atoms with Crippen molar-refractivity contribution in [2.75, 3.05) is 18.0 Å². The molecule has 1 aromatic carbocycles. The van der Waals surface area contributed by atoms with Crippen LogP contribution in [-0.2, 0) is 0 Å². The zero-order valence-corrected chi connectivity index (χ0v) is 12.5. The lowest BCUT2D eigenvalue weighted by Crippen LogP contribution is -2.46. The van der Waals surface area contributed by atoms with E-state index in [0.29, 0.717) is 6.04 Å². The van der Waals surface area contributed by atoms with Gasteiger partial charge < -0.3 is 10.2 Å². The Balaban J connectivity index is 1.63. The Kier molecular flexibility index (Phi) is 3.52. The zero-order valence-electron chi connectivity index (χ0n) is 12.5. The standard InChI is InChI=1S/C18H23N3/c1-2-7-17-16(6-1)18(10-11-19-17)21-12-4-3-5-15(21)13-20-14-8-9-14/h1-2,6-7,10-11,14-15,20H,3-5,8-9,12-13H2. The average Bonchev–Trinajstić information content (AvgIpc) is 3.37. The van der Waals surface area contributed by atoms with Gasteiger partial charge in [0.05, 0.1) is 5.52 Å². The van der Waals surface area contributed by atoms with Crippen molar-refractivity contribution in [3.8, 4) is 0 Å². The zero-order chi connectivity index (χ0) is 14.1. The Morgan fingerprint density at radius 1 is 1.10 bits per heavy atom. The first-order valence-electron chi connectivity index (χ1n) is 8.25. The summed E-state index contributed by atoms with van der Waals surface area (Å²) in [7, 11) is 0. The Morgan fingerprint density at radius 3 is 2.90 bits per heavy atom. The van der Waals surface area contributed by atoms with Crippen molar-refractivity contribution < 1.29 is 0 Å². The third-order valence-electron chi connectivity index (χ3n) is 4.78. The molecule has 2 fully saturated rings. The smallest absolute Gasteiger partial charge is 0.0722 e. The molecule has 110 valence electrons. The molecule has 0 spiro atoms. The normalized spacial score (nSPS) is 22.7. The van der Waals surface area contributed by atoms with Gasteiger partial charge >= 0.3 is 0 Å². The van der Waals surface area contributed by atoms with Gasteiger partial charge in [-0.2, -0.15) is 0 Å². The van der Waals surface area contributed by atoms with Crippen molar-refractivity contribution in [1.82, 2.24) is 10.3 Å². The summed E-state index contributed by atoms with van der Waals surface area (Å²) in [6.07, 6.45) is 8.65. The minimum Gasteiger partial charge on any atom is -0.367 e. The predicted molar refractivity (Wildman–Crippen MR) is 87.8 cm³/mol. The fourth-order valence-electron chi connectivity index (χ4n) is 3.45. The highest BCUT2D eigenvalue weighted by molar-refractivity contribution is 5.91. The van der Waals surface area contributed by atoms with Crippen molar-refractivity contribution in [2.45, 2.75) is 44.2 Å². The quantitative estimate of drug-likeness (QED) is 0.931. The number of piperidine rings is 1. The van der Waals surface area contributed by atoms with Gasteiger partial charge in [-0.15, -0.1) is 0 Å². The van der Waals surface area contributed by atoms with Crippen LogP contribution < -0.4 is 10.2 Å². The van der Waals surface area contributed by atoms with E-state index in [-0.39, 0.29) is 0 Å².